The predicted octanol–water partition coefficient (Wildman–Crippen LogP) is 3.96. The van der Waals surface area contributed by atoms with Gasteiger partial charge in [0.2, 0.25) is 0 Å². The van der Waals surface area contributed by atoms with Crippen LogP contribution in [-0.2, 0) is 4.79 Å². The van der Waals surface area contributed by atoms with Crippen LogP contribution in [0.2, 0.25) is 5.02 Å². The Kier molecular flexibility index (Phi) is 6.18. The van der Waals surface area contributed by atoms with Gasteiger partial charge in [-0.25, -0.2) is 4.98 Å². The summed E-state index contributed by atoms with van der Waals surface area (Å²) in [6.07, 6.45) is 2.89. The Morgan fingerprint density at radius 1 is 1.42 bits per heavy atom. The fourth-order valence-electron chi connectivity index (χ4n) is 1.70. The van der Waals surface area contributed by atoms with E-state index in [0.717, 1.165) is 4.47 Å². The molecule has 2 N–H and O–H groups in total. The van der Waals surface area contributed by atoms with Crippen LogP contribution in [0.15, 0.2) is 52.8 Å². The van der Waals surface area contributed by atoms with Gasteiger partial charge in [-0.05, 0) is 46.3 Å². The summed E-state index contributed by atoms with van der Waals surface area (Å²) >= 11 is 9.27. The van der Waals surface area contributed by atoms with E-state index in [-0.39, 0.29) is 5.57 Å². The van der Waals surface area contributed by atoms with Gasteiger partial charge in [-0.2, -0.15) is 5.26 Å². The number of ether oxygens (including phenoxy) is 1. The molecule has 1 aromatic heterocycles. The van der Waals surface area contributed by atoms with E-state index in [9.17, 15) is 4.79 Å². The van der Waals surface area contributed by atoms with E-state index >= 15 is 0 Å². The first-order valence-corrected chi connectivity index (χ1v) is 7.84. The van der Waals surface area contributed by atoms with Crippen LogP contribution in [0.5, 0.6) is 5.75 Å². The number of carbonyl (C=O) groups is 1. The maximum absolute atomic E-state index is 12.1. The van der Waals surface area contributed by atoms with E-state index in [2.05, 4.69) is 31.5 Å². The predicted molar refractivity (Wildman–Crippen MR) is 95.9 cm³/mol. The second-order valence-corrected chi connectivity index (χ2v) is 5.80. The maximum Gasteiger partial charge on any atom is 0.267 e. The molecule has 1 heterocycles. The zero-order valence-electron chi connectivity index (χ0n) is 12.5. The highest BCUT2D eigenvalue weighted by atomic mass is 79.9. The molecule has 0 aliphatic heterocycles. The third-order valence-corrected chi connectivity index (χ3v) is 3.63. The van der Waals surface area contributed by atoms with E-state index in [1.165, 1.54) is 19.4 Å². The molecule has 0 saturated heterocycles. The summed E-state index contributed by atoms with van der Waals surface area (Å²) in [5.41, 5.74) is 0.348. The quantitative estimate of drug-likeness (QED) is 0.578. The first-order chi connectivity index (χ1) is 11.5. The molecule has 24 heavy (non-hydrogen) atoms. The minimum atomic E-state index is -0.566. The lowest BCUT2D eigenvalue weighted by Gasteiger charge is -2.08. The number of pyridine rings is 1. The Morgan fingerprint density at radius 2 is 2.21 bits per heavy atom. The van der Waals surface area contributed by atoms with Crippen molar-refractivity contribution in [1.29, 1.82) is 5.26 Å². The normalized spacial score (nSPS) is 10.7. The van der Waals surface area contributed by atoms with Crippen molar-refractivity contribution >= 4 is 44.9 Å². The summed E-state index contributed by atoms with van der Waals surface area (Å²) in [6, 6.07) is 10.1. The third kappa shape index (κ3) is 4.72. The Hall–Kier alpha value is -2.56. The van der Waals surface area contributed by atoms with E-state index in [0.29, 0.717) is 22.3 Å². The maximum atomic E-state index is 12.1. The molecule has 1 aromatic carbocycles. The number of hydrogen-bond acceptors (Lipinski definition) is 5. The first kappa shape index (κ1) is 17.8. The molecule has 0 fully saturated rings. The summed E-state index contributed by atoms with van der Waals surface area (Å²) in [5.74, 6) is 0.434. The average Bonchev–Trinajstić information content (AvgIpc) is 2.57. The van der Waals surface area contributed by atoms with Gasteiger partial charge in [0.05, 0.1) is 12.1 Å². The zero-order valence-corrected chi connectivity index (χ0v) is 14.9. The summed E-state index contributed by atoms with van der Waals surface area (Å²) < 4.78 is 5.87. The third-order valence-electron chi connectivity index (χ3n) is 2.87. The molecular weight excluding hydrogens is 396 g/mol. The number of nitrogens with one attached hydrogen (secondary N) is 2. The number of halogens is 2. The number of hydrogen-bond donors (Lipinski definition) is 2. The molecule has 2 rings (SSSR count). The smallest absolute Gasteiger partial charge is 0.267 e. The van der Waals surface area contributed by atoms with Crippen LogP contribution in [0.25, 0.3) is 0 Å². The summed E-state index contributed by atoms with van der Waals surface area (Å²) in [6.45, 7) is 0. The van der Waals surface area contributed by atoms with E-state index in [4.69, 9.17) is 21.6 Å². The minimum absolute atomic E-state index is 0.105. The number of nitrogens with zero attached hydrogens (tertiary/aromatic N) is 2. The molecule has 0 atom stereocenters. The van der Waals surface area contributed by atoms with Gasteiger partial charge in [-0.15, -0.1) is 0 Å². The lowest BCUT2D eigenvalue weighted by molar-refractivity contribution is -0.112. The molecule has 0 aliphatic rings. The Bertz CT molecular complexity index is 816. The highest BCUT2D eigenvalue weighted by molar-refractivity contribution is 9.10. The summed E-state index contributed by atoms with van der Waals surface area (Å²) in [7, 11) is 1.50. The van der Waals surface area contributed by atoms with E-state index < -0.39 is 5.91 Å². The standard InChI is InChI=1S/C16H12BrClN4O2/c1-24-14-4-3-12(6-13(14)18)22-16(23)10(7-19)8-20-15-5-2-11(17)9-21-15/h2-6,8-9H,1H3,(H,20,21)(H,22,23)/b10-8-. The van der Waals surface area contributed by atoms with E-state index in [1.807, 2.05) is 6.07 Å². The number of nitriles is 1. The molecule has 2 aromatic rings. The molecular formula is C16H12BrClN4O2. The molecule has 0 bridgehead atoms. The van der Waals surface area contributed by atoms with Gasteiger partial charge in [0.1, 0.15) is 23.2 Å². The molecule has 0 spiro atoms. The van der Waals surface area contributed by atoms with Crippen molar-refractivity contribution in [2.45, 2.75) is 0 Å². The van der Waals surface area contributed by atoms with Crippen molar-refractivity contribution in [2.24, 2.45) is 0 Å². The Balaban J connectivity index is 2.08. The number of amides is 1. The number of aromatic nitrogens is 1. The van der Waals surface area contributed by atoms with Crippen LogP contribution in [0.3, 0.4) is 0 Å². The second kappa shape index (κ2) is 8.34. The van der Waals surface area contributed by atoms with Crippen LogP contribution < -0.4 is 15.4 Å². The van der Waals surface area contributed by atoms with Gasteiger partial charge < -0.3 is 15.4 Å². The summed E-state index contributed by atoms with van der Waals surface area (Å²) in [4.78, 5) is 16.2. The average molecular weight is 408 g/mol. The number of methoxy groups -OCH3 is 1. The first-order valence-electron chi connectivity index (χ1n) is 6.66. The summed E-state index contributed by atoms with van der Waals surface area (Å²) in [5, 5.41) is 14.9. The molecule has 0 saturated carbocycles. The van der Waals surface area contributed by atoms with Crippen molar-refractivity contribution in [3.63, 3.8) is 0 Å². The monoisotopic (exact) mass is 406 g/mol. The fourth-order valence-corrected chi connectivity index (χ4v) is 2.19. The van der Waals surface area contributed by atoms with Crippen LogP contribution >= 0.6 is 27.5 Å². The number of carbonyl (C=O) groups excluding carboxylic acids is 1. The van der Waals surface area contributed by atoms with Crippen LogP contribution in [0.4, 0.5) is 11.5 Å². The lowest BCUT2D eigenvalue weighted by Crippen LogP contribution is -2.14. The number of benzene rings is 1. The van der Waals surface area contributed by atoms with E-state index in [1.54, 1.807) is 30.5 Å². The van der Waals surface area contributed by atoms with Gasteiger partial charge in [0.25, 0.3) is 5.91 Å². The largest absolute Gasteiger partial charge is 0.495 e. The SMILES string of the molecule is COc1ccc(NC(=O)/C(C#N)=C\Nc2ccc(Br)cn2)cc1Cl. The number of rotatable bonds is 5. The highest BCUT2D eigenvalue weighted by Crippen LogP contribution is 2.27. The van der Waals surface area contributed by atoms with Crippen molar-refractivity contribution < 1.29 is 9.53 Å². The van der Waals surface area contributed by atoms with Gasteiger partial charge in [-0.3, -0.25) is 4.79 Å². The van der Waals surface area contributed by atoms with Crippen LogP contribution in [0, 0.1) is 11.3 Å². The molecule has 122 valence electrons. The van der Waals surface area contributed by atoms with Crippen molar-refractivity contribution in [1.82, 2.24) is 4.98 Å². The van der Waals surface area contributed by atoms with Crippen molar-refractivity contribution in [2.75, 3.05) is 17.7 Å². The number of anilines is 2. The second-order valence-electron chi connectivity index (χ2n) is 4.48. The van der Waals surface area contributed by atoms with Crippen molar-refractivity contribution in [3.8, 4) is 11.8 Å². The molecule has 6 nitrogen and oxygen atoms in total. The minimum Gasteiger partial charge on any atom is -0.495 e. The molecule has 0 unspecified atom stereocenters. The van der Waals surface area contributed by atoms with Gasteiger partial charge >= 0.3 is 0 Å². The van der Waals surface area contributed by atoms with Crippen LogP contribution in [0.1, 0.15) is 0 Å². The molecule has 0 aliphatic carbocycles. The molecule has 0 radical (unpaired) electrons. The van der Waals surface area contributed by atoms with Gasteiger partial charge in [-0.1, -0.05) is 11.6 Å². The van der Waals surface area contributed by atoms with Crippen LogP contribution in [-0.4, -0.2) is 18.0 Å². The highest BCUT2D eigenvalue weighted by Gasteiger charge is 2.11. The van der Waals surface area contributed by atoms with Crippen molar-refractivity contribution in [3.05, 3.63) is 57.8 Å². The fraction of sp³-hybridized carbons (Fsp3) is 0.0625. The lowest BCUT2D eigenvalue weighted by atomic mass is 10.2. The zero-order chi connectivity index (χ0) is 17.5. The Morgan fingerprint density at radius 3 is 2.79 bits per heavy atom. The molecule has 8 heteroatoms. The molecule has 1 amide bonds. The van der Waals surface area contributed by atoms with Gasteiger partial charge in [0.15, 0.2) is 0 Å². The topological polar surface area (TPSA) is 87.0 Å². The Labute approximate surface area is 152 Å². The van der Waals surface area contributed by atoms with Gasteiger partial charge in [0, 0.05) is 22.6 Å².